The normalized spacial score (nSPS) is 42.8. The van der Waals surface area contributed by atoms with Crippen LogP contribution in [0.1, 0.15) is 73.6 Å². The molecule has 41 heavy (non-hydrogen) atoms. The number of allylic oxidation sites excluding steroid dienone is 8. The zero-order valence-electron chi connectivity index (χ0n) is 25.3. The lowest BCUT2D eigenvalue weighted by Crippen LogP contribution is -2.59. The molecule has 1 aliphatic heterocycles. The van der Waals surface area contributed by atoms with Gasteiger partial charge >= 0.3 is 0 Å². The van der Waals surface area contributed by atoms with Gasteiger partial charge < -0.3 is 29.9 Å². The third kappa shape index (κ3) is 5.17. The molecule has 1 saturated carbocycles. The van der Waals surface area contributed by atoms with Gasteiger partial charge in [-0.25, -0.2) is 0 Å². The fourth-order valence-corrected chi connectivity index (χ4v) is 7.92. The molecule has 0 amide bonds. The predicted molar refractivity (Wildman–Crippen MR) is 157 cm³/mol. The fourth-order valence-electron chi connectivity index (χ4n) is 7.92. The Bertz CT molecular complexity index is 1210. The van der Waals surface area contributed by atoms with E-state index in [2.05, 4.69) is 65.8 Å². The van der Waals surface area contributed by atoms with Crippen LogP contribution in [0.15, 0.2) is 58.2 Å². The lowest BCUT2D eigenvalue weighted by atomic mass is 9.54. The molecule has 1 saturated heterocycles. The van der Waals surface area contributed by atoms with Gasteiger partial charge in [0.25, 0.3) is 0 Å². The zero-order valence-corrected chi connectivity index (χ0v) is 25.3. The van der Waals surface area contributed by atoms with Crippen molar-refractivity contribution in [3.63, 3.8) is 0 Å². The van der Waals surface area contributed by atoms with Crippen molar-refractivity contribution in [3.05, 3.63) is 58.2 Å². The zero-order chi connectivity index (χ0) is 29.9. The molecular formula is C34H48O7. The first-order valence-electron chi connectivity index (χ1n) is 15.3. The molecule has 4 N–H and O–H groups in total. The molecule has 0 aromatic heterocycles. The van der Waals surface area contributed by atoms with E-state index in [0.29, 0.717) is 30.6 Å². The highest BCUT2D eigenvalue weighted by molar-refractivity contribution is 5.92. The van der Waals surface area contributed by atoms with Crippen molar-refractivity contribution < 1.29 is 34.7 Å². The first kappa shape index (κ1) is 30.6. The molecule has 0 radical (unpaired) electrons. The van der Waals surface area contributed by atoms with E-state index in [1.807, 2.05) is 6.08 Å². The SMILES string of the molecule is CC(/C=C/C(C)C(C)C)=C1\[C@H](O[C@@H]2O[C@H](CO)[C@@H](O)[C@H](O)[C@@H]2O)CC2=C3C=CC4=CC(=O)CC[C@]4(C)[C@H]3CC[C@@]21C. The average Bonchev–Trinajstić information content (AvgIpc) is 3.23. The summed E-state index contributed by atoms with van der Waals surface area (Å²) in [6.45, 7) is 12.9. The highest BCUT2D eigenvalue weighted by Gasteiger charge is 2.55. The van der Waals surface area contributed by atoms with Crippen LogP contribution in [0.3, 0.4) is 0 Å². The maximum absolute atomic E-state index is 12.2. The topological polar surface area (TPSA) is 116 Å². The third-order valence-corrected chi connectivity index (χ3v) is 11.0. The van der Waals surface area contributed by atoms with Crippen LogP contribution in [-0.4, -0.2) is 69.6 Å². The van der Waals surface area contributed by atoms with Gasteiger partial charge in [-0.05, 0) is 77.7 Å². The van der Waals surface area contributed by atoms with Gasteiger partial charge in [0.2, 0.25) is 0 Å². The molecule has 0 spiro atoms. The van der Waals surface area contributed by atoms with Gasteiger partial charge in [-0.15, -0.1) is 0 Å². The number of carbonyl (C=O) groups is 1. The van der Waals surface area contributed by atoms with Gasteiger partial charge in [0, 0.05) is 18.3 Å². The molecule has 1 heterocycles. The molecule has 226 valence electrons. The first-order valence-corrected chi connectivity index (χ1v) is 15.3. The van der Waals surface area contributed by atoms with Crippen molar-refractivity contribution in [1.29, 1.82) is 0 Å². The summed E-state index contributed by atoms with van der Waals surface area (Å²) in [5, 5.41) is 41.3. The Labute approximate surface area is 244 Å². The van der Waals surface area contributed by atoms with Gasteiger partial charge in [-0.1, -0.05) is 64.5 Å². The summed E-state index contributed by atoms with van der Waals surface area (Å²) in [5.74, 6) is 1.43. The standard InChI is InChI=1S/C34H48O7/c1-18(2)19(3)7-8-20(4)28-26(40-32-31(39)30(38)29(37)27(17-35)41-32)16-25-23-10-9-21-15-22(36)11-13-33(21,5)24(23)12-14-34(25,28)6/h7-10,15,18-19,24,26-27,29-32,35,37-39H,11-14,16-17H2,1-6H3/b8-7+,28-20-/t19?,24-,26+,27+,29+,30-,31-,32+,33-,34-/m0/s1. The highest BCUT2D eigenvalue weighted by atomic mass is 16.7. The van der Waals surface area contributed by atoms with Gasteiger partial charge in [0.15, 0.2) is 12.1 Å². The molecule has 7 heteroatoms. The van der Waals surface area contributed by atoms with Crippen LogP contribution < -0.4 is 0 Å². The molecule has 4 aliphatic carbocycles. The van der Waals surface area contributed by atoms with Crippen LogP contribution in [0.4, 0.5) is 0 Å². The van der Waals surface area contributed by atoms with E-state index < -0.39 is 43.4 Å². The van der Waals surface area contributed by atoms with E-state index in [0.717, 1.165) is 36.0 Å². The number of carbonyl (C=O) groups excluding carboxylic acids is 1. The number of rotatable bonds is 6. The second-order valence-electron chi connectivity index (χ2n) is 13.8. The van der Waals surface area contributed by atoms with E-state index in [4.69, 9.17) is 9.47 Å². The van der Waals surface area contributed by atoms with Crippen molar-refractivity contribution in [2.75, 3.05) is 6.61 Å². The van der Waals surface area contributed by atoms with Crippen LogP contribution in [0.5, 0.6) is 0 Å². The molecule has 1 unspecified atom stereocenters. The Kier molecular flexibility index (Phi) is 8.45. The smallest absolute Gasteiger partial charge is 0.187 e. The van der Waals surface area contributed by atoms with E-state index >= 15 is 0 Å². The minimum absolute atomic E-state index is 0.0753. The second kappa shape index (κ2) is 11.3. The number of hydrogen-bond acceptors (Lipinski definition) is 7. The third-order valence-electron chi connectivity index (χ3n) is 11.0. The molecule has 2 fully saturated rings. The fraction of sp³-hybridized carbons (Fsp3) is 0.676. The molecule has 0 aromatic rings. The van der Waals surface area contributed by atoms with Gasteiger partial charge in [0.1, 0.15) is 24.4 Å². The quantitative estimate of drug-likeness (QED) is 0.377. The van der Waals surface area contributed by atoms with Crippen molar-refractivity contribution in [3.8, 4) is 0 Å². The molecule has 5 rings (SSSR count). The first-order chi connectivity index (χ1) is 19.3. The molecule has 5 aliphatic rings. The Hall–Kier alpha value is -1.87. The van der Waals surface area contributed by atoms with Gasteiger partial charge in [-0.2, -0.15) is 0 Å². The summed E-state index contributed by atoms with van der Waals surface area (Å²) >= 11 is 0. The molecular weight excluding hydrogens is 520 g/mol. The summed E-state index contributed by atoms with van der Waals surface area (Å²) in [6.07, 6.45) is 7.61. The minimum Gasteiger partial charge on any atom is -0.394 e. The number of aliphatic hydroxyl groups excluding tert-OH is 4. The summed E-state index contributed by atoms with van der Waals surface area (Å²) in [4.78, 5) is 12.2. The van der Waals surface area contributed by atoms with E-state index in [1.54, 1.807) is 0 Å². The maximum atomic E-state index is 12.2. The van der Waals surface area contributed by atoms with Crippen LogP contribution in [0.25, 0.3) is 0 Å². The van der Waals surface area contributed by atoms with Crippen LogP contribution >= 0.6 is 0 Å². The lowest BCUT2D eigenvalue weighted by Gasteiger charge is -2.49. The Morgan fingerprint density at radius 3 is 2.54 bits per heavy atom. The van der Waals surface area contributed by atoms with Crippen molar-refractivity contribution in [2.45, 2.75) is 110 Å². The Morgan fingerprint density at radius 1 is 1.12 bits per heavy atom. The summed E-state index contributed by atoms with van der Waals surface area (Å²) in [7, 11) is 0. The van der Waals surface area contributed by atoms with Crippen LogP contribution in [0, 0.1) is 28.6 Å². The highest BCUT2D eigenvalue weighted by Crippen LogP contribution is 2.63. The molecule has 10 atom stereocenters. The summed E-state index contributed by atoms with van der Waals surface area (Å²) < 4.78 is 12.3. The number of aliphatic hydroxyl groups is 4. The van der Waals surface area contributed by atoms with E-state index in [-0.39, 0.29) is 16.6 Å². The number of hydrogen-bond donors (Lipinski definition) is 4. The Balaban J connectivity index is 1.58. The number of ether oxygens (including phenoxy) is 2. The van der Waals surface area contributed by atoms with E-state index in [9.17, 15) is 25.2 Å². The molecule has 0 aromatic carbocycles. The van der Waals surface area contributed by atoms with Crippen molar-refractivity contribution >= 4 is 5.78 Å². The van der Waals surface area contributed by atoms with Gasteiger partial charge in [0.05, 0.1) is 12.7 Å². The van der Waals surface area contributed by atoms with Crippen molar-refractivity contribution in [2.24, 2.45) is 28.6 Å². The summed E-state index contributed by atoms with van der Waals surface area (Å²) in [6, 6.07) is 0. The predicted octanol–water partition coefficient (Wildman–Crippen LogP) is 4.32. The van der Waals surface area contributed by atoms with Gasteiger partial charge in [-0.3, -0.25) is 4.79 Å². The van der Waals surface area contributed by atoms with Crippen LogP contribution in [0.2, 0.25) is 0 Å². The lowest BCUT2D eigenvalue weighted by molar-refractivity contribution is -0.307. The van der Waals surface area contributed by atoms with Crippen LogP contribution in [-0.2, 0) is 14.3 Å². The maximum Gasteiger partial charge on any atom is 0.187 e. The molecule has 0 bridgehead atoms. The Morgan fingerprint density at radius 2 is 1.85 bits per heavy atom. The average molecular weight is 569 g/mol. The minimum atomic E-state index is -1.49. The second-order valence-corrected chi connectivity index (χ2v) is 13.8. The van der Waals surface area contributed by atoms with Crippen molar-refractivity contribution in [1.82, 2.24) is 0 Å². The number of fused-ring (bicyclic) bond motifs is 4. The largest absolute Gasteiger partial charge is 0.394 e. The molecule has 7 nitrogen and oxygen atoms in total. The monoisotopic (exact) mass is 568 g/mol. The summed E-state index contributed by atoms with van der Waals surface area (Å²) in [5.41, 5.74) is 5.74. The van der Waals surface area contributed by atoms with E-state index in [1.165, 1.54) is 11.1 Å². The number of ketones is 1.